The molecule has 3 aliphatic carbocycles. The lowest BCUT2D eigenvalue weighted by molar-refractivity contribution is -0.266. The Kier molecular flexibility index (Phi) is 16.0. The molecule has 2 amide bonds. The summed E-state index contributed by atoms with van der Waals surface area (Å²) in [5.41, 5.74) is 0. The van der Waals surface area contributed by atoms with Crippen molar-refractivity contribution in [3.8, 4) is 0 Å². The first-order valence-electron chi connectivity index (χ1n) is 21.5. The summed E-state index contributed by atoms with van der Waals surface area (Å²) in [6, 6.07) is -0.475. The number of ether oxygens (including phenoxy) is 3. The number of aliphatic hydroxyl groups is 1. The van der Waals surface area contributed by atoms with Crippen LogP contribution >= 0.6 is 0 Å². The molecule has 2 unspecified atom stereocenters. The molecule has 0 spiro atoms. The van der Waals surface area contributed by atoms with Crippen molar-refractivity contribution in [3.05, 3.63) is 0 Å². The van der Waals surface area contributed by atoms with Gasteiger partial charge in [0.1, 0.15) is 12.1 Å². The van der Waals surface area contributed by atoms with Gasteiger partial charge in [0.15, 0.2) is 0 Å². The molecule has 2 heterocycles. The molecule has 2 saturated heterocycles. The van der Waals surface area contributed by atoms with Crippen LogP contribution in [0.3, 0.4) is 0 Å². The Morgan fingerprint density at radius 2 is 1.64 bits per heavy atom. The minimum atomic E-state index is -2.22. The van der Waals surface area contributed by atoms with Crippen LogP contribution in [-0.4, -0.2) is 96.5 Å². The zero-order valence-electron chi connectivity index (χ0n) is 33.3. The maximum absolute atomic E-state index is 14.1. The molecule has 11 nitrogen and oxygen atoms in total. The summed E-state index contributed by atoms with van der Waals surface area (Å²) in [5, 5.41) is 18.3. The fourth-order valence-electron chi connectivity index (χ4n) is 9.78. The zero-order chi connectivity index (χ0) is 38.0. The van der Waals surface area contributed by atoms with Crippen molar-refractivity contribution in [1.82, 2.24) is 15.5 Å². The van der Waals surface area contributed by atoms with Gasteiger partial charge in [-0.3, -0.25) is 14.4 Å². The average molecular weight is 746 g/mol. The minimum absolute atomic E-state index is 0.0302. The monoisotopic (exact) mass is 746 g/mol. The standard InChI is InChI=1S/C42H71N3O8/c1-28-17-19-32(28)26-35-20-18-30(3)42(50,53-35)39(47)40(48)45-23-10-9-16-36(45)41(49)52-37(29(2)24-31-12-11-15-34(25-31)51-4)27-38(46)44-22-21-43-33-13-7-5-6-8-14-33/h28-37,43,50H,5-27H2,1-4H3,(H,44,46)/t28?,29-,30-,31+,32?,34+,35+,36+,37+,42-/m1/s1. The molecule has 5 fully saturated rings. The van der Waals surface area contributed by atoms with Gasteiger partial charge in [-0.05, 0) is 101 Å². The first-order valence-corrected chi connectivity index (χ1v) is 21.5. The van der Waals surface area contributed by atoms with Gasteiger partial charge in [-0.1, -0.05) is 65.7 Å². The average Bonchev–Trinajstić information content (AvgIpc) is 3.44. The third-order valence-electron chi connectivity index (χ3n) is 13.7. The molecular weight excluding hydrogens is 674 g/mol. The van der Waals surface area contributed by atoms with Crippen molar-refractivity contribution >= 4 is 23.6 Å². The van der Waals surface area contributed by atoms with E-state index in [1.807, 2.05) is 6.92 Å². The zero-order valence-corrected chi connectivity index (χ0v) is 33.3. The number of ketones is 1. The summed E-state index contributed by atoms with van der Waals surface area (Å²) in [6.45, 7) is 7.42. The van der Waals surface area contributed by atoms with E-state index in [1.54, 1.807) is 14.0 Å². The van der Waals surface area contributed by atoms with Crippen LogP contribution in [0.1, 0.15) is 149 Å². The van der Waals surface area contributed by atoms with Crippen LogP contribution in [0.2, 0.25) is 0 Å². The highest BCUT2D eigenvalue weighted by Crippen LogP contribution is 2.42. The first kappa shape index (κ1) is 42.1. The van der Waals surface area contributed by atoms with Crippen LogP contribution in [-0.2, 0) is 33.4 Å². The first-order chi connectivity index (χ1) is 25.5. The summed E-state index contributed by atoms with van der Waals surface area (Å²) in [4.78, 5) is 56.6. The van der Waals surface area contributed by atoms with Crippen molar-refractivity contribution < 1.29 is 38.5 Å². The summed E-state index contributed by atoms with van der Waals surface area (Å²) in [5.74, 6) is -4.02. The van der Waals surface area contributed by atoms with E-state index < -0.39 is 41.5 Å². The van der Waals surface area contributed by atoms with Gasteiger partial charge in [0.2, 0.25) is 11.7 Å². The molecule has 0 aromatic carbocycles. The number of nitrogens with one attached hydrogen (secondary N) is 2. The van der Waals surface area contributed by atoms with E-state index >= 15 is 0 Å². The predicted octanol–water partition coefficient (Wildman–Crippen LogP) is 5.84. The molecule has 5 rings (SSSR count). The molecule has 0 radical (unpaired) electrons. The maximum Gasteiger partial charge on any atom is 0.329 e. The van der Waals surface area contributed by atoms with E-state index in [-0.39, 0.29) is 37.0 Å². The van der Waals surface area contributed by atoms with Crippen LogP contribution in [0.15, 0.2) is 0 Å². The lowest BCUT2D eigenvalue weighted by atomic mass is 9.71. The van der Waals surface area contributed by atoms with Gasteiger partial charge in [0, 0.05) is 38.7 Å². The number of hydrogen-bond acceptors (Lipinski definition) is 9. The number of methoxy groups -OCH3 is 1. The molecule has 0 aromatic heterocycles. The highest BCUT2D eigenvalue weighted by Gasteiger charge is 2.53. The van der Waals surface area contributed by atoms with Gasteiger partial charge in [-0.25, -0.2) is 4.79 Å². The molecule has 3 saturated carbocycles. The number of hydrogen-bond donors (Lipinski definition) is 3. The van der Waals surface area contributed by atoms with Crippen LogP contribution in [0, 0.1) is 29.6 Å². The largest absolute Gasteiger partial charge is 0.460 e. The van der Waals surface area contributed by atoms with Crippen molar-refractivity contribution in [2.45, 2.75) is 185 Å². The Hall–Kier alpha value is -2.08. The number of nitrogens with zero attached hydrogens (tertiary/aromatic N) is 1. The predicted molar refractivity (Wildman–Crippen MR) is 203 cm³/mol. The Bertz CT molecular complexity index is 1210. The van der Waals surface area contributed by atoms with Crippen LogP contribution in [0.5, 0.6) is 0 Å². The van der Waals surface area contributed by atoms with Gasteiger partial charge < -0.3 is 34.9 Å². The number of rotatable bonds is 16. The minimum Gasteiger partial charge on any atom is -0.460 e. The van der Waals surface area contributed by atoms with E-state index in [2.05, 4.69) is 17.6 Å². The second kappa shape index (κ2) is 20.2. The molecule has 2 aliphatic heterocycles. The van der Waals surface area contributed by atoms with Crippen molar-refractivity contribution in [1.29, 1.82) is 0 Å². The van der Waals surface area contributed by atoms with Crippen LogP contribution in [0.25, 0.3) is 0 Å². The quantitative estimate of drug-likeness (QED) is 0.0769. The maximum atomic E-state index is 14.1. The number of piperidine rings is 1. The molecule has 302 valence electrons. The lowest BCUT2D eigenvalue weighted by Gasteiger charge is -2.44. The number of amides is 2. The number of esters is 1. The van der Waals surface area contributed by atoms with Gasteiger partial charge in [0.05, 0.1) is 18.6 Å². The number of carbonyl (C=O) groups excluding carboxylic acids is 4. The SMILES string of the molecule is CO[C@H]1CCC[C@@H](C[C@@H](C)[C@H](CC(=O)NCCNC2CCCCCC2)OC(=O)[C@@H]2CCCCN2C(=O)C(=O)[C@]2(O)O[C@H](CC3CCC3C)CC[C@H]2C)C1. The van der Waals surface area contributed by atoms with Gasteiger partial charge in [-0.2, -0.15) is 0 Å². The topological polar surface area (TPSA) is 143 Å². The third kappa shape index (κ3) is 11.5. The Morgan fingerprint density at radius 1 is 0.887 bits per heavy atom. The van der Waals surface area contributed by atoms with Crippen molar-refractivity contribution in [3.63, 3.8) is 0 Å². The smallest absolute Gasteiger partial charge is 0.329 e. The van der Waals surface area contributed by atoms with E-state index in [4.69, 9.17) is 14.2 Å². The van der Waals surface area contributed by atoms with E-state index in [9.17, 15) is 24.3 Å². The van der Waals surface area contributed by atoms with Crippen LogP contribution < -0.4 is 10.6 Å². The highest BCUT2D eigenvalue weighted by molar-refractivity contribution is 6.39. The van der Waals surface area contributed by atoms with Gasteiger partial charge >= 0.3 is 5.97 Å². The molecule has 3 N–H and O–H groups in total. The second-order valence-corrected chi connectivity index (χ2v) is 17.6. The Balaban J connectivity index is 1.22. The number of carbonyl (C=O) groups is 4. The highest BCUT2D eigenvalue weighted by atomic mass is 16.6. The molecular formula is C42H71N3O8. The summed E-state index contributed by atoms with van der Waals surface area (Å²) >= 11 is 0. The van der Waals surface area contributed by atoms with Gasteiger partial charge in [-0.15, -0.1) is 0 Å². The second-order valence-electron chi connectivity index (χ2n) is 17.6. The Labute approximate surface area is 318 Å². The van der Waals surface area contributed by atoms with E-state index in [0.29, 0.717) is 62.6 Å². The van der Waals surface area contributed by atoms with E-state index in [1.165, 1.54) is 49.8 Å². The fourth-order valence-corrected chi connectivity index (χ4v) is 9.78. The normalized spacial score (nSPS) is 33.9. The number of Topliss-reactive ketones (excluding diaryl/α,β-unsaturated/α-hetero) is 1. The molecule has 10 atom stereocenters. The molecule has 0 aromatic rings. The molecule has 11 heteroatoms. The number of likely N-dealkylation sites (tertiary alicyclic amines) is 1. The lowest BCUT2D eigenvalue weighted by Crippen LogP contribution is -2.61. The van der Waals surface area contributed by atoms with Crippen molar-refractivity contribution in [2.75, 3.05) is 26.7 Å². The van der Waals surface area contributed by atoms with E-state index in [0.717, 1.165) is 51.4 Å². The van der Waals surface area contributed by atoms with Crippen molar-refractivity contribution in [2.24, 2.45) is 29.6 Å². The fraction of sp³-hybridized carbons (Fsp3) is 0.905. The summed E-state index contributed by atoms with van der Waals surface area (Å²) in [6.07, 6.45) is 17.7. The van der Waals surface area contributed by atoms with Crippen LogP contribution in [0.4, 0.5) is 0 Å². The Morgan fingerprint density at radius 3 is 2.34 bits per heavy atom. The molecule has 53 heavy (non-hydrogen) atoms. The third-order valence-corrected chi connectivity index (χ3v) is 13.7. The van der Waals surface area contributed by atoms with Gasteiger partial charge in [0.25, 0.3) is 11.7 Å². The summed E-state index contributed by atoms with van der Waals surface area (Å²) in [7, 11) is 1.76. The molecule has 0 bridgehead atoms. The summed E-state index contributed by atoms with van der Waals surface area (Å²) < 4.78 is 18.0. The molecule has 5 aliphatic rings.